The Labute approximate surface area is 86.7 Å². The zero-order valence-electron chi connectivity index (χ0n) is 8.11. The van der Waals surface area contributed by atoms with E-state index in [4.69, 9.17) is 11.5 Å². The van der Waals surface area contributed by atoms with Crippen molar-refractivity contribution in [3.63, 3.8) is 0 Å². The second-order valence-electron chi connectivity index (χ2n) is 3.61. The first-order chi connectivity index (χ1) is 7.09. The number of amides is 1. The molecule has 1 unspecified atom stereocenters. The van der Waals surface area contributed by atoms with Crippen LogP contribution in [0.5, 0.6) is 0 Å². The van der Waals surface area contributed by atoms with E-state index in [-0.39, 0.29) is 6.04 Å². The molecule has 1 fully saturated rings. The lowest BCUT2D eigenvalue weighted by atomic mass is 10.0. The first-order valence-electron chi connectivity index (χ1n) is 4.70. The summed E-state index contributed by atoms with van der Waals surface area (Å²) in [5.74, 6) is -0.835. The predicted octanol–water partition coefficient (Wildman–Crippen LogP) is 0.472. The normalized spacial score (nSPS) is 19.8. The first kappa shape index (κ1) is 9.76. The Morgan fingerprint density at radius 1 is 1.53 bits per heavy atom. The van der Waals surface area contributed by atoms with Crippen LogP contribution in [0.3, 0.4) is 0 Å². The van der Waals surface area contributed by atoms with Gasteiger partial charge < -0.3 is 16.4 Å². The third-order valence-electron chi connectivity index (χ3n) is 2.63. The molecule has 1 heterocycles. The van der Waals surface area contributed by atoms with Crippen LogP contribution in [0.1, 0.15) is 6.42 Å². The third kappa shape index (κ3) is 1.60. The Balaban J connectivity index is 2.27. The molecule has 1 atom stereocenters. The molecule has 0 radical (unpaired) electrons. The Bertz CT molecular complexity index is 408. The van der Waals surface area contributed by atoms with Gasteiger partial charge in [-0.25, -0.2) is 4.39 Å². The molecule has 0 aromatic heterocycles. The van der Waals surface area contributed by atoms with Crippen LogP contribution in [0.2, 0.25) is 0 Å². The summed E-state index contributed by atoms with van der Waals surface area (Å²) in [6, 6.07) is 4.03. The van der Waals surface area contributed by atoms with Crippen molar-refractivity contribution in [3.8, 4) is 0 Å². The Morgan fingerprint density at radius 2 is 2.27 bits per heavy atom. The minimum atomic E-state index is -0.419. The van der Waals surface area contributed by atoms with Crippen LogP contribution < -0.4 is 16.4 Å². The molecule has 0 spiro atoms. The summed E-state index contributed by atoms with van der Waals surface area (Å²) < 4.78 is 13.5. The second kappa shape index (κ2) is 3.42. The van der Waals surface area contributed by atoms with E-state index in [0.29, 0.717) is 24.3 Å². The fraction of sp³-hybridized carbons (Fsp3) is 0.300. The molecular weight excluding hydrogens is 197 g/mol. The molecule has 1 aromatic rings. The van der Waals surface area contributed by atoms with Crippen molar-refractivity contribution in [2.75, 3.05) is 17.2 Å². The zero-order chi connectivity index (χ0) is 11.0. The molecule has 4 nitrogen and oxygen atoms in total. The number of nitrogen functional groups attached to an aromatic ring is 1. The molecule has 5 heteroatoms. The maximum absolute atomic E-state index is 13.5. The summed E-state index contributed by atoms with van der Waals surface area (Å²) in [4.78, 5) is 12.6. The van der Waals surface area contributed by atoms with Gasteiger partial charge in [-0.15, -0.1) is 0 Å². The summed E-state index contributed by atoms with van der Waals surface area (Å²) in [5.41, 5.74) is 11.4. The van der Waals surface area contributed by atoms with Gasteiger partial charge in [-0.05, 0) is 24.6 Å². The number of benzene rings is 1. The van der Waals surface area contributed by atoms with Crippen LogP contribution in [-0.2, 0) is 4.79 Å². The van der Waals surface area contributed by atoms with Crippen LogP contribution >= 0.6 is 0 Å². The minimum absolute atomic E-state index is 0.368. The quantitative estimate of drug-likeness (QED) is 0.695. The van der Waals surface area contributed by atoms with Crippen molar-refractivity contribution in [1.29, 1.82) is 0 Å². The number of anilines is 2. The highest BCUT2D eigenvalue weighted by molar-refractivity contribution is 5.85. The van der Waals surface area contributed by atoms with Crippen molar-refractivity contribution in [2.45, 2.75) is 12.5 Å². The van der Waals surface area contributed by atoms with Crippen molar-refractivity contribution >= 4 is 17.3 Å². The first-order valence-corrected chi connectivity index (χ1v) is 4.70. The van der Waals surface area contributed by atoms with Gasteiger partial charge in [0.15, 0.2) is 0 Å². The van der Waals surface area contributed by atoms with Crippen LogP contribution in [0.15, 0.2) is 18.2 Å². The second-order valence-corrected chi connectivity index (χ2v) is 3.61. The highest BCUT2D eigenvalue weighted by Gasteiger charge is 2.33. The van der Waals surface area contributed by atoms with Crippen LogP contribution in [0.4, 0.5) is 15.8 Å². The Hall–Kier alpha value is -1.78. The van der Waals surface area contributed by atoms with Crippen LogP contribution in [-0.4, -0.2) is 18.5 Å². The standard InChI is InChI=1S/C10H12FN3O/c11-7-5-6(12)1-2-8(7)14-4-3-9(14)10(13)15/h1-2,5,9H,3-4,12H2,(H2,13,15). The highest BCUT2D eigenvalue weighted by atomic mass is 19.1. The lowest BCUT2D eigenvalue weighted by Crippen LogP contribution is -2.55. The summed E-state index contributed by atoms with van der Waals surface area (Å²) in [6.07, 6.45) is 0.680. The number of primary amides is 1. The maximum Gasteiger partial charge on any atom is 0.240 e. The molecule has 1 saturated heterocycles. The highest BCUT2D eigenvalue weighted by Crippen LogP contribution is 2.29. The van der Waals surface area contributed by atoms with Gasteiger partial charge >= 0.3 is 0 Å². The van der Waals surface area contributed by atoms with E-state index in [2.05, 4.69) is 0 Å². The topological polar surface area (TPSA) is 72.4 Å². The van der Waals surface area contributed by atoms with E-state index in [9.17, 15) is 9.18 Å². The van der Waals surface area contributed by atoms with Gasteiger partial charge in [-0.1, -0.05) is 0 Å². The number of nitrogens with zero attached hydrogens (tertiary/aromatic N) is 1. The van der Waals surface area contributed by atoms with E-state index in [1.54, 1.807) is 17.0 Å². The average Bonchev–Trinajstić information content (AvgIpc) is 2.06. The fourth-order valence-corrected chi connectivity index (χ4v) is 1.73. The minimum Gasteiger partial charge on any atom is -0.399 e. The maximum atomic E-state index is 13.5. The molecule has 2 rings (SSSR count). The Morgan fingerprint density at radius 3 is 2.73 bits per heavy atom. The summed E-state index contributed by atoms with van der Waals surface area (Å²) in [6.45, 7) is 0.647. The number of rotatable bonds is 2. The van der Waals surface area contributed by atoms with Gasteiger partial charge in [0.2, 0.25) is 5.91 Å². The SMILES string of the molecule is NC(=O)C1CCN1c1ccc(N)cc1F. The third-order valence-corrected chi connectivity index (χ3v) is 2.63. The summed E-state index contributed by atoms with van der Waals surface area (Å²) in [5, 5.41) is 0. The largest absolute Gasteiger partial charge is 0.399 e. The van der Waals surface area contributed by atoms with Gasteiger partial charge in [0.25, 0.3) is 0 Å². The van der Waals surface area contributed by atoms with Gasteiger partial charge in [0.1, 0.15) is 11.9 Å². The molecule has 4 N–H and O–H groups in total. The van der Waals surface area contributed by atoms with E-state index in [0.717, 1.165) is 0 Å². The summed E-state index contributed by atoms with van der Waals surface area (Å²) in [7, 11) is 0. The molecular formula is C10H12FN3O. The van der Waals surface area contributed by atoms with Crippen LogP contribution in [0.25, 0.3) is 0 Å². The van der Waals surface area contributed by atoms with Gasteiger partial charge in [0, 0.05) is 12.2 Å². The fourth-order valence-electron chi connectivity index (χ4n) is 1.73. The molecule has 0 aliphatic carbocycles. The molecule has 1 aromatic carbocycles. The molecule has 0 bridgehead atoms. The molecule has 80 valence electrons. The number of halogens is 1. The number of carbonyl (C=O) groups excluding carboxylic acids is 1. The number of hydrogen-bond acceptors (Lipinski definition) is 3. The monoisotopic (exact) mass is 209 g/mol. The van der Waals surface area contributed by atoms with Crippen molar-refractivity contribution < 1.29 is 9.18 Å². The van der Waals surface area contributed by atoms with Gasteiger partial charge in [-0.3, -0.25) is 4.79 Å². The van der Waals surface area contributed by atoms with Crippen molar-refractivity contribution in [3.05, 3.63) is 24.0 Å². The molecule has 1 aliphatic rings. The molecule has 1 aliphatic heterocycles. The number of nitrogens with two attached hydrogens (primary N) is 2. The van der Waals surface area contributed by atoms with Gasteiger partial charge in [-0.2, -0.15) is 0 Å². The van der Waals surface area contributed by atoms with Crippen molar-refractivity contribution in [1.82, 2.24) is 0 Å². The Kier molecular flexibility index (Phi) is 2.22. The summed E-state index contributed by atoms with van der Waals surface area (Å²) >= 11 is 0. The average molecular weight is 209 g/mol. The predicted molar refractivity (Wildman–Crippen MR) is 55.8 cm³/mol. The van der Waals surface area contributed by atoms with Crippen molar-refractivity contribution in [2.24, 2.45) is 5.73 Å². The van der Waals surface area contributed by atoms with E-state index < -0.39 is 11.7 Å². The molecule has 0 saturated carbocycles. The molecule has 1 amide bonds. The molecule has 15 heavy (non-hydrogen) atoms. The zero-order valence-corrected chi connectivity index (χ0v) is 8.11. The van der Waals surface area contributed by atoms with E-state index in [1.165, 1.54) is 6.07 Å². The number of hydrogen-bond donors (Lipinski definition) is 2. The smallest absolute Gasteiger partial charge is 0.240 e. The number of carbonyl (C=O) groups is 1. The van der Waals surface area contributed by atoms with Gasteiger partial charge in [0.05, 0.1) is 5.69 Å². The van der Waals surface area contributed by atoms with E-state index >= 15 is 0 Å². The van der Waals surface area contributed by atoms with Crippen LogP contribution in [0, 0.1) is 5.82 Å². The lowest BCUT2D eigenvalue weighted by Gasteiger charge is -2.40. The van der Waals surface area contributed by atoms with E-state index in [1.807, 2.05) is 0 Å². The lowest BCUT2D eigenvalue weighted by molar-refractivity contribution is -0.120.